The van der Waals surface area contributed by atoms with Crippen molar-refractivity contribution in [2.24, 2.45) is 11.8 Å². The first kappa shape index (κ1) is 13.9. The molecule has 0 aliphatic heterocycles. The molecule has 0 fully saturated rings. The zero-order chi connectivity index (χ0) is 13.8. The molecular formula is C15H18NO2S+. The summed E-state index contributed by atoms with van der Waals surface area (Å²) in [5.74, 6) is 2.01. The van der Waals surface area contributed by atoms with Gasteiger partial charge >= 0.3 is 5.78 Å². The molecule has 19 heavy (non-hydrogen) atoms. The fraction of sp³-hybridized carbons (Fsp3) is 0.333. The van der Waals surface area contributed by atoms with Crippen LogP contribution in [0.5, 0.6) is 0 Å². The highest BCUT2D eigenvalue weighted by atomic mass is 32.2. The summed E-state index contributed by atoms with van der Waals surface area (Å²) in [5, 5.41) is 7.57. The molecule has 2 rings (SSSR count). The number of hydrogen-bond acceptors (Lipinski definition) is 3. The third-order valence-electron chi connectivity index (χ3n) is 3.27. The molecule has 0 radical (unpaired) electrons. The van der Waals surface area contributed by atoms with Crippen LogP contribution >= 0.6 is 11.8 Å². The maximum atomic E-state index is 7.57. The number of nitrogens with one attached hydrogen (secondary N) is 1. The Hall–Kier alpha value is -1.55. The van der Waals surface area contributed by atoms with E-state index in [-0.39, 0.29) is 11.8 Å². The highest BCUT2D eigenvalue weighted by molar-refractivity contribution is 8.02. The number of ether oxygens (including phenoxy) is 1. The maximum Gasteiger partial charge on any atom is 0.331 e. The van der Waals surface area contributed by atoms with Crippen molar-refractivity contribution in [3.63, 3.8) is 0 Å². The Balaban J connectivity index is 2.36. The van der Waals surface area contributed by atoms with Crippen molar-refractivity contribution >= 4 is 23.3 Å². The van der Waals surface area contributed by atoms with Crippen molar-refractivity contribution in [1.29, 1.82) is 5.41 Å². The minimum atomic E-state index is 0.0477. The molecule has 0 aromatic heterocycles. The van der Waals surface area contributed by atoms with Crippen LogP contribution in [0.15, 0.2) is 47.1 Å². The Bertz CT molecular complexity index is 510. The normalized spacial score (nSPS) is 28.4. The van der Waals surface area contributed by atoms with Gasteiger partial charge in [-0.1, -0.05) is 12.2 Å². The van der Waals surface area contributed by atoms with E-state index in [0.717, 1.165) is 16.4 Å². The molecule has 0 spiro atoms. The van der Waals surface area contributed by atoms with E-state index in [9.17, 15) is 0 Å². The molecule has 100 valence electrons. The maximum absolute atomic E-state index is 7.57. The van der Waals surface area contributed by atoms with Crippen LogP contribution in [0.3, 0.4) is 0 Å². The van der Waals surface area contributed by atoms with Crippen LogP contribution in [0.2, 0.25) is 0 Å². The largest absolute Gasteiger partial charge is 0.500 e. The third kappa shape index (κ3) is 2.89. The first-order chi connectivity index (χ1) is 9.19. The van der Waals surface area contributed by atoms with Gasteiger partial charge in [0, 0.05) is 10.8 Å². The van der Waals surface area contributed by atoms with E-state index in [4.69, 9.17) is 14.6 Å². The minimum absolute atomic E-state index is 0.0477. The van der Waals surface area contributed by atoms with Gasteiger partial charge in [-0.25, -0.2) is 0 Å². The van der Waals surface area contributed by atoms with E-state index >= 15 is 0 Å². The van der Waals surface area contributed by atoms with E-state index in [1.807, 2.05) is 30.6 Å². The van der Waals surface area contributed by atoms with E-state index in [2.05, 4.69) is 12.2 Å². The van der Waals surface area contributed by atoms with Crippen LogP contribution in [-0.4, -0.2) is 32.0 Å². The zero-order valence-electron chi connectivity index (χ0n) is 11.3. The highest BCUT2D eigenvalue weighted by Gasteiger charge is 2.37. The molecule has 0 heterocycles. The number of thioether (sulfide) groups is 1. The molecule has 4 heteroatoms. The van der Waals surface area contributed by atoms with Gasteiger partial charge in [0.25, 0.3) is 7.11 Å². The predicted molar refractivity (Wildman–Crippen MR) is 80.6 cm³/mol. The van der Waals surface area contributed by atoms with Gasteiger partial charge in [-0.2, -0.15) is 0 Å². The molecule has 1 unspecified atom stereocenters. The van der Waals surface area contributed by atoms with Crippen molar-refractivity contribution < 1.29 is 9.16 Å². The topological polar surface area (TPSA) is 44.4 Å². The summed E-state index contributed by atoms with van der Waals surface area (Å²) in [7, 11) is 3.38. The second kappa shape index (κ2) is 6.06. The van der Waals surface area contributed by atoms with Crippen LogP contribution in [-0.2, 0) is 9.16 Å². The smallest absolute Gasteiger partial charge is 0.331 e. The summed E-state index contributed by atoms with van der Waals surface area (Å²) < 4.78 is 11.1. The molecule has 0 saturated heterocycles. The lowest BCUT2D eigenvalue weighted by Gasteiger charge is -2.24. The molecule has 1 atom stereocenters. The number of rotatable bonds is 3. The van der Waals surface area contributed by atoms with Crippen molar-refractivity contribution in [1.82, 2.24) is 0 Å². The average Bonchev–Trinajstić information content (AvgIpc) is 2.46. The standard InChI is InChI=1S/C15H18NO2S/c1-17-13-8-12(19-3)9-14(18-2)15(13)10-4-6-11(16)7-5-10/h4-10,15-16H,1-3H3/q+1. The fourth-order valence-corrected chi connectivity index (χ4v) is 2.75. The van der Waals surface area contributed by atoms with E-state index < -0.39 is 0 Å². The quantitative estimate of drug-likeness (QED) is 0.806. The fourth-order valence-electron chi connectivity index (χ4n) is 2.28. The summed E-state index contributed by atoms with van der Waals surface area (Å²) >= 11 is 1.67. The van der Waals surface area contributed by atoms with Crippen LogP contribution in [0.25, 0.3) is 0 Å². The summed E-state index contributed by atoms with van der Waals surface area (Å²) in [5.41, 5.74) is 0.523. The first-order valence-corrected chi connectivity index (χ1v) is 7.29. The summed E-state index contributed by atoms with van der Waals surface area (Å²) in [4.78, 5) is 1.13. The minimum Gasteiger partial charge on any atom is -0.500 e. The Kier molecular flexibility index (Phi) is 4.43. The molecule has 0 aromatic carbocycles. The molecule has 2 aliphatic carbocycles. The lowest BCUT2D eigenvalue weighted by atomic mass is 9.82. The average molecular weight is 276 g/mol. The molecular weight excluding hydrogens is 258 g/mol. The van der Waals surface area contributed by atoms with Gasteiger partial charge in [-0.15, -0.1) is 11.8 Å². The van der Waals surface area contributed by atoms with Crippen molar-refractivity contribution in [3.05, 3.63) is 47.1 Å². The molecule has 0 amide bonds. The SMILES string of the molecule is COC1=CC(SC)=CC(=[O+]C)C1C1C=CC(=N)C=C1. The first-order valence-electron chi connectivity index (χ1n) is 6.06. The molecule has 0 saturated carbocycles. The lowest BCUT2D eigenvalue weighted by Crippen LogP contribution is -2.28. The van der Waals surface area contributed by atoms with Crippen LogP contribution in [0.1, 0.15) is 0 Å². The van der Waals surface area contributed by atoms with Gasteiger partial charge < -0.3 is 10.1 Å². The Morgan fingerprint density at radius 2 is 1.95 bits per heavy atom. The number of hydrogen-bond donors (Lipinski definition) is 1. The second-order valence-electron chi connectivity index (χ2n) is 4.34. The zero-order valence-corrected chi connectivity index (χ0v) is 12.2. The predicted octanol–water partition coefficient (Wildman–Crippen LogP) is 2.89. The van der Waals surface area contributed by atoms with E-state index in [0.29, 0.717) is 5.71 Å². The van der Waals surface area contributed by atoms with Gasteiger partial charge in [0.05, 0.1) is 18.9 Å². The number of ketones is 1. The third-order valence-corrected chi connectivity index (χ3v) is 3.98. The molecule has 0 bridgehead atoms. The lowest BCUT2D eigenvalue weighted by molar-refractivity contribution is -0.422. The summed E-state index contributed by atoms with van der Waals surface area (Å²) in [6.07, 6.45) is 13.8. The van der Waals surface area contributed by atoms with Gasteiger partial charge in [0.1, 0.15) is 11.7 Å². The Morgan fingerprint density at radius 1 is 1.26 bits per heavy atom. The second-order valence-corrected chi connectivity index (χ2v) is 5.22. The highest BCUT2D eigenvalue weighted by Crippen LogP contribution is 2.34. The van der Waals surface area contributed by atoms with E-state index in [1.54, 1.807) is 26.0 Å². The van der Waals surface area contributed by atoms with Gasteiger partial charge in [-0.3, -0.25) is 4.42 Å². The van der Waals surface area contributed by atoms with Gasteiger partial charge in [0.15, 0.2) is 0 Å². The van der Waals surface area contributed by atoms with Crippen LogP contribution < -0.4 is 0 Å². The van der Waals surface area contributed by atoms with Crippen molar-refractivity contribution in [2.75, 3.05) is 20.5 Å². The summed E-state index contributed by atoms with van der Waals surface area (Å²) in [6, 6.07) is 0. The number of carbonyl (C=O) groups excluding carboxylic acids is 1. The summed E-state index contributed by atoms with van der Waals surface area (Å²) in [6.45, 7) is 0. The molecule has 3 nitrogen and oxygen atoms in total. The number of methoxy groups -OCH3 is 1. The molecule has 0 aromatic rings. The van der Waals surface area contributed by atoms with Crippen molar-refractivity contribution in [2.45, 2.75) is 0 Å². The Labute approximate surface area is 117 Å². The number of allylic oxidation sites excluding steroid dienone is 7. The van der Waals surface area contributed by atoms with Crippen LogP contribution in [0, 0.1) is 17.2 Å². The van der Waals surface area contributed by atoms with Crippen molar-refractivity contribution in [3.8, 4) is 0 Å². The molecule has 2 aliphatic rings. The van der Waals surface area contributed by atoms with Crippen LogP contribution in [0.4, 0.5) is 0 Å². The monoisotopic (exact) mass is 276 g/mol. The Morgan fingerprint density at radius 3 is 2.47 bits per heavy atom. The van der Waals surface area contributed by atoms with Gasteiger partial charge in [-0.05, 0) is 24.5 Å². The van der Waals surface area contributed by atoms with E-state index in [1.165, 1.54) is 0 Å². The van der Waals surface area contributed by atoms with Gasteiger partial charge in [0.2, 0.25) is 0 Å². The molecule has 1 N–H and O–H groups in total.